The molecule has 0 spiro atoms. The molecule has 94 valence electrons. The fourth-order valence-corrected chi connectivity index (χ4v) is 1.89. The molecular weight excluding hydrogens is 204 g/mol. The number of hydrogen-bond acceptors (Lipinski definition) is 3. The lowest BCUT2D eigenvalue weighted by atomic mass is 9.96. The molecule has 0 aliphatic carbocycles. The normalized spacial score (nSPS) is 23.1. The third kappa shape index (κ3) is 4.94. The van der Waals surface area contributed by atoms with Gasteiger partial charge in [0.1, 0.15) is 0 Å². The van der Waals surface area contributed by atoms with Crippen molar-refractivity contribution in [1.29, 1.82) is 0 Å². The van der Waals surface area contributed by atoms with Crippen LogP contribution in [0.15, 0.2) is 0 Å². The fraction of sp³-hybridized carbons (Fsp3) is 0.917. The maximum Gasteiger partial charge on any atom is 0.220 e. The summed E-state index contributed by atoms with van der Waals surface area (Å²) in [5, 5.41) is 15.6. The van der Waals surface area contributed by atoms with Crippen LogP contribution in [0.25, 0.3) is 0 Å². The van der Waals surface area contributed by atoms with Crippen LogP contribution in [0.3, 0.4) is 0 Å². The van der Waals surface area contributed by atoms with Crippen molar-refractivity contribution in [2.45, 2.75) is 39.2 Å². The number of nitrogens with one attached hydrogen (secondary N) is 2. The van der Waals surface area contributed by atoms with E-state index in [1.807, 2.05) is 13.8 Å². The summed E-state index contributed by atoms with van der Waals surface area (Å²) in [6.45, 7) is 6.28. The van der Waals surface area contributed by atoms with Crippen molar-refractivity contribution in [3.8, 4) is 0 Å². The zero-order valence-electron chi connectivity index (χ0n) is 10.3. The first-order valence-electron chi connectivity index (χ1n) is 6.25. The Kier molecular flexibility index (Phi) is 5.77. The highest BCUT2D eigenvalue weighted by Gasteiger charge is 2.17. The molecule has 1 aliphatic rings. The molecule has 0 aromatic heterocycles. The van der Waals surface area contributed by atoms with Gasteiger partial charge < -0.3 is 15.7 Å². The highest BCUT2D eigenvalue weighted by Crippen LogP contribution is 2.13. The van der Waals surface area contributed by atoms with Gasteiger partial charge in [0.2, 0.25) is 5.91 Å². The Balaban J connectivity index is 2.14. The van der Waals surface area contributed by atoms with Crippen LogP contribution in [0, 0.1) is 11.8 Å². The van der Waals surface area contributed by atoms with Crippen molar-refractivity contribution in [2.24, 2.45) is 11.8 Å². The predicted octanol–water partition coefficient (Wildman–Crippen LogP) is 0.509. The molecule has 1 fully saturated rings. The summed E-state index contributed by atoms with van der Waals surface area (Å²) in [5.41, 5.74) is 0. The van der Waals surface area contributed by atoms with Crippen LogP contribution in [0.1, 0.15) is 33.1 Å². The lowest BCUT2D eigenvalue weighted by molar-refractivity contribution is -0.122. The van der Waals surface area contributed by atoms with Gasteiger partial charge in [0, 0.05) is 13.0 Å². The van der Waals surface area contributed by atoms with Gasteiger partial charge in [-0.15, -0.1) is 0 Å². The van der Waals surface area contributed by atoms with Crippen LogP contribution < -0.4 is 10.6 Å². The molecular formula is C12H24N2O2. The van der Waals surface area contributed by atoms with Gasteiger partial charge in [-0.2, -0.15) is 0 Å². The van der Waals surface area contributed by atoms with Crippen molar-refractivity contribution in [3.05, 3.63) is 0 Å². The van der Waals surface area contributed by atoms with Crippen molar-refractivity contribution < 1.29 is 9.90 Å². The van der Waals surface area contributed by atoms with Crippen molar-refractivity contribution >= 4 is 5.91 Å². The van der Waals surface area contributed by atoms with Gasteiger partial charge in [0.25, 0.3) is 0 Å². The van der Waals surface area contributed by atoms with E-state index in [9.17, 15) is 9.90 Å². The Morgan fingerprint density at radius 3 is 2.88 bits per heavy atom. The first-order chi connectivity index (χ1) is 7.59. The molecule has 2 unspecified atom stereocenters. The SMILES string of the molecule is CC(C)C(O)CNC(=O)CC1CCCNC1. The number of rotatable bonds is 5. The molecule has 3 N–H and O–H groups in total. The van der Waals surface area contributed by atoms with E-state index in [1.54, 1.807) is 0 Å². The Morgan fingerprint density at radius 2 is 2.31 bits per heavy atom. The largest absolute Gasteiger partial charge is 0.391 e. The molecule has 4 heteroatoms. The summed E-state index contributed by atoms with van der Waals surface area (Å²) in [6, 6.07) is 0. The molecule has 16 heavy (non-hydrogen) atoms. The molecule has 0 bridgehead atoms. The number of carbonyl (C=O) groups is 1. The molecule has 1 amide bonds. The molecule has 2 atom stereocenters. The highest BCUT2D eigenvalue weighted by atomic mass is 16.3. The molecule has 4 nitrogen and oxygen atoms in total. The van der Waals surface area contributed by atoms with Gasteiger partial charge in [-0.05, 0) is 37.8 Å². The number of piperidine rings is 1. The van der Waals surface area contributed by atoms with Gasteiger partial charge in [0.15, 0.2) is 0 Å². The van der Waals surface area contributed by atoms with Crippen LogP contribution >= 0.6 is 0 Å². The molecule has 0 aromatic rings. The van der Waals surface area contributed by atoms with Gasteiger partial charge in [-0.3, -0.25) is 4.79 Å². The molecule has 0 aromatic carbocycles. The summed E-state index contributed by atoms with van der Waals surface area (Å²) < 4.78 is 0. The molecule has 1 rings (SSSR count). The minimum absolute atomic E-state index is 0.0633. The summed E-state index contributed by atoms with van der Waals surface area (Å²) in [4.78, 5) is 11.6. The fourth-order valence-electron chi connectivity index (χ4n) is 1.89. The minimum atomic E-state index is -0.437. The standard InChI is InChI=1S/C12H24N2O2/c1-9(2)11(15)8-14-12(16)6-10-4-3-5-13-7-10/h9-11,13,15H,3-8H2,1-2H3,(H,14,16). The van der Waals surface area contributed by atoms with E-state index in [0.29, 0.717) is 18.9 Å². The maximum atomic E-state index is 11.6. The number of aliphatic hydroxyl groups excluding tert-OH is 1. The number of carbonyl (C=O) groups excluding carboxylic acids is 1. The molecule has 0 radical (unpaired) electrons. The third-order valence-electron chi connectivity index (χ3n) is 3.15. The van der Waals surface area contributed by atoms with Crippen molar-refractivity contribution in [1.82, 2.24) is 10.6 Å². The van der Waals surface area contributed by atoms with Gasteiger partial charge >= 0.3 is 0 Å². The van der Waals surface area contributed by atoms with Crippen LogP contribution in [0.4, 0.5) is 0 Å². The van der Waals surface area contributed by atoms with E-state index in [1.165, 1.54) is 0 Å². The third-order valence-corrected chi connectivity index (χ3v) is 3.15. The lowest BCUT2D eigenvalue weighted by Gasteiger charge is -2.22. The average Bonchev–Trinajstić information content (AvgIpc) is 2.27. The zero-order chi connectivity index (χ0) is 12.0. The van der Waals surface area contributed by atoms with E-state index in [4.69, 9.17) is 0 Å². The quantitative estimate of drug-likeness (QED) is 0.642. The molecule has 0 saturated carbocycles. The predicted molar refractivity (Wildman–Crippen MR) is 64.1 cm³/mol. The second kappa shape index (κ2) is 6.86. The molecule has 1 saturated heterocycles. The number of amides is 1. The van der Waals surface area contributed by atoms with Gasteiger partial charge in [0.05, 0.1) is 6.10 Å². The smallest absolute Gasteiger partial charge is 0.220 e. The Morgan fingerprint density at radius 1 is 1.56 bits per heavy atom. The second-order valence-electron chi connectivity index (χ2n) is 5.03. The first-order valence-corrected chi connectivity index (χ1v) is 6.25. The van der Waals surface area contributed by atoms with Crippen molar-refractivity contribution in [2.75, 3.05) is 19.6 Å². The van der Waals surface area contributed by atoms with Crippen LogP contribution in [-0.2, 0) is 4.79 Å². The van der Waals surface area contributed by atoms with E-state index in [0.717, 1.165) is 25.9 Å². The van der Waals surface area contributed by atoms with Crippen LogP contribution in [-0.4, -0.2) is 36.8 Å². The first kappa shape index (κ1) is 13.5. The minimum Gasteiger partial charge on any atom is -0.391 e. The van der Waals surface area contributed by atoms with Gasteiger partial charge in [-0.1, -0.05) is 13.8 Å². The zero-order valence-corrected chi connectivity index (χ0v) is 10.3. The summed E-state index contributed by atoms with van der Waals surface area (Å²) in [6.07, 6.45) is 2.44. The monoisotopic (exact) mass is 228 g/mol. The summed E-state index contributed by atoms with van der Waals surface area (Å²) >= 11 is 0. The van der Waals surface area contributed by atoms with Crippen LogP contribution in [0.5, 0.6) is 0 Å². The number of aliphatic hydroxyl groups is 1. The van der Waals surface area contributed by atoms with Gasteiger partial charge in [-0.25, -0.2) is 0 Å². The molecule has 1 heterocycles. The second-order valence-corrected chi connectivity index (χ2v) is 5.03. The van der Waals surface area contributed by atoms with Crippen molar-refractivity contribution in [3.63, 3.8) is 0 Å². The Hall–Kier alpha value is -0.610. The van der Waals surface area contributed by atoms with E-state index in [2.05, 4.69) is 10.6 Å². The average molecular weight is 228 g/mol. The number of hydrogen-bond donors (Lipinski definition) is 3. The Bertz CT molecular complexity index is 213. The maximum absolute atomic E-state index is 11.6. The van der Waals surface area contributed by atoms with E-state index < -0.39 is 6.10 Å². The summed E-state index contributed by atoms with van der Waals surface area (Å²) in [5.74, 6) is 0.718. The van der Waals surface area contributed by atoms with E-state index >= 15 is 0 Å². The van der Waals surface area contributed by atoms with E-state index in [-0.39, 0.29) is 11.8 Å². The Labute approximate surface area is 97.8 Å². The van der Waals surface area contributed by atoms with Crippen LogP contribution in [0.2, 0.25) is 0 Å². The lowest BCUT2D eigenvalue weighted by Crippen LogP contribution is -2.38. The highest BCUT2D eigenvalue weighted by molar-refractivity contribution is 5.76. The topological polar surface area (TPSA) is 61.4 Å². The molecule has 1 aliphatic heterocycles. The summed E-state index contributed by atoms with van der Waals surface area (Å²) in [7, 11) is 0.